The fraction of sp³-hybridized carbons (Fsp3) is 0.105. The van der Waals surface area contributed by atoms with Crippen molar-refractivity contribution in [1.29, 1.82) is 0 Å². The van der Waals surface area contributed by atoms with Gasteiger partial charge in [0.2, 0.25) is 0 Å². The summed E-state index contributed by atoms with van der Waals surface area (Å²) in [7, 11) is 3.15. The quantitative estimate of drug-likeness (QED) is 0.712. The Morgan fingerprint density at radius 3 is 2.54 bits per heavy atom. The van der Waals surface area contributed by atoms with E-state index in [9.17, 15) is 4.79 Å². The van der Waals surface area contributed by atoms with Gasteiger partial charge in [-0.1, -0.05) is 12.1 Å². The number of fused-ring (bicyclic) bond motifs is 1. The van der Waals surface area contributed by atoms with Crippen molar-refractivity contribution in [2.45, 2.75) is 0 Å². The fourth-order valence-corrected chi connectivity index (χ4v) is 2.54. The van der Waals surface area contributed by atoms with E-state index in [4.69, 9.17) is 19.0 Å². The number of carbonyl (C=O) groups is 1. The molecule has 3 rings (SSSR count). The van der Waals surface area contributed by atoms with Gasteiger partial charge in [-0.05, 0) is 42.0 Å². The Labute approximate surface area is 138 Å². The first-order valence-corrected chi connectivity index (χ1v) is 7.28. The molecule has 0 radical (unpaired) electrons. The van der Waals surface area contributed by atoms with Gasteiger partial charge in [0.1, 0.15) is 11.5 Å². The minimum absolute atomic E-state index is 0.540. The van der Waals surface area contributed by atoms with Crippen molar-refractivity contribution in [1.82, 2.24) is 0 Å². The Bertz CT molecular complexity index is 921. The van der Waals surface area contributed by atoms with Gasteiger partial charge in [0.25, 0.3) is 0 Å². The molecule has 0 aliphatic rings. The molecule has 1 aromatic heterocycles. The molecule has 0 unspecified atom stereocenters. The van der Waals surface area contributed by atoms with Gasteiger partial charge in [-0.15, -0.1) is 0 Å². The summed E-state index contributed by atoms with van der Waals surface area (Å²) < 4.78 is 16.7. The first-order chi connectivity index (χ1) is 11.6. The van der Waals surface area contributed by atoms with Crippen molar-refractivity contribution < 1.29 is 23.8 Å². The number of para-hydroxylation sites is 1. The molecule has 0 spiro atoms. The van der Waals surface area contributed by atoms with Crippen LogP contribution in [0, 0.1) is 0 Å². The molecule has 0 fully saturated rings. The van der Waals surface area contributed by atoms with Gasteiger partial charge in [-0.2, -0.15) is 0 Å². The maximum atomic E-state index is 10.7. The minimum Gasteiger partial charge on any atom is -0.496 e. The molecule has 3 aromatic rings. The third-order valence-electron chi connectivity index (χ3n) is 3.62. The fourth-order valence-electron chi connectivity index (χ4n) is 2.54. The second-order valence-electron chi connectivity index (χ2n) is 5.12. The average Bonchev–Trinajstić information content (AvgIpc) is 3.03. The molecule has 0 amide bonds. The van der Waals surface area contributed by atoms with E-state index in [1.165, 1.54) is 6.08 Å². The maximum Gasteiger partial charge on any atom is 0.328 e. The van der Waals surface area contributed by atoms with Crippen LogP contribution in [-0.2, 0) is 4.79 Å². The van der Waals surface area contributed by atoms with Crippen molar-refractivity contribution in [3.05, 3.63) is 54.1 Å². The summed E-state index contributed by atoms with van der Waals surface area (Å²) in [5, 5.41) is 9.59. The second-order valence-corrected chi connectivity index (χ2v) is 5.12. The summed E-state index contributed by atoms with van der Waals surface area (Å²) >= 11 is 0. The number of aliphatic carboxylic acids is 1. The summed E-state index contributed by atoms with van der Waals surface area (Å²) in [6.45, 7) is 0. The molecule has 0 bridgehead atoms. The van der Waals surface area contributed by atoms with Gasteiger partial charge in [0, 0.05) is 11.5 Å². The minimum atomic E-state index is -1.00. The van der Waals surface area contributed by atoms with E-state index in [1.54, 1.807) is 20.3 Å². The predicted molar refractivity (Wildman–Crippen MR) is 91.4 cm³/mol. The number of carboxylic acids is 1. The Kier molecular flexibility index (Phi) is 4.24. The molecule has 122 valence electrons. The first-order valence-electron chi connectivity index (χ1n) is 7.28. The molecule has 0 saturated heterocycles. The third kappa shape index (κ3) is 2.96. The van der Waals surface area contributed by atoms with Crippen molar-refractivity contribution in [3.8, 4) is 22.8 Å². The Hall–Kier alpha value is -3.21. The smallest absolute Gasteiger partial charge is 0.328 e. The number of rotatable bonds is 5. The lowest BCUT2D eigenvalue weighted by molar-refractivity contribution is -0.131. The van der Waals surface area contributed by atoms with E-state index in [2.05, 4.69) is 0 Å². The van der Waals surface area contributed by atoms with Crippen LogP contribution in [0.5, 0.6) is 11.5 Å². The largest absolute Gasteiger partial charge is 0.496 e. The highest BCUT2D eigenvalue weighted by Crippen LogP contribution is 2.38. The molecule has 5 nitrogen and oxygen atoms in total. The normalized spacial score (nSPS) is 11.1. The van der Waals surface area contributed by atoms with Crippen LogP contribution < -0.4 is 9.47 Å². The zero-order valence-corrected chi connectivity index (χ0v) is 13.3. The van der Waals surface area contributed by atoms with Crippen LogP contribution >= 0.6 is 0 Å². The van der Waals surface area contributed by atoms with Crippen molar-refractivity contribution in [3.63, 3.8) is 0 Å². The molecule has 0 aliphatic heterocycles. The molecular formula is C19H16O5. The molecule has 0 aliphatic carbocycles. The van der Waals surface area contributed by atoms with Gasteiger partial charge in [-0.25, -0.2) is 4.79 Å². The number of carboxylic acid groups (broad SMARTS) is 1. The lowest BCUT2D eigenvalue weighted by atomic mass is 10.1. The van der Waals surface area contributed by atoms with Crippen LogP contribution in [0.25, 0.3) is 28.4 Å². The second kappa shape index (κ2) is 6.50. The standard InChI is InChI=1S/C19H16O5/c1-22-15-6-4-3-5-14(15)16-11-13-9-12(7-8-18(20)21)10-17(23-2)19(13)24-16/h3-11H,1-2H3,(H,20,21)/b8-7+. The molecule has 2 aromatic carbocycles. The zero-order chi connectivity index (χ0) is 17.1. The highest BCUT2D eigenvalue weighted by molar-refractivity contribution is 5.92. The van der Waals surface area contributed by atoms with Gasteiger partial charge >= 0.3 is 5.97 Å². The molecule has 0 atom stereocenters. The highest BCUT2D eigenvalue weighted by atomic mass is 16.5. The van der Waals surface area contributed by atoms with Crippen molar-refractivity contribution in [2.24, 2.45) is 0 Å². The average molecular weight is 324 g/mol. The number of hydrogen-bond acceptors (Lipinski definition) is 4. The molecule has 1 heterocycles. The summed E-state index contributed by atoms with van der Waals surface area (Å²) in [4.78, 5) is 10.7. The van der Waals surface area contributed by atoms with E-state index in [1.807, 2.05) is 36.4 Å². The highest BCUT2D eigenvalue weighted by Gasteiger charge is 2.14. The summed E-state index contributed by atoms with van der Waals surface area (Å²) in [5.41, 5.74) is 2.15. The van der Waals surface area contributed by atoms with Crippen LogP contribution in [0.3, 0.4) is 0 Å². The van der Waals surface area contributed by atoms with Gasteiger partial charge in [0.05, 0.1) is 19.8 Å². The third-order valence-corrected chi connectivity index (χ3v) is 3.62. The van der Waals surface area contributed by atoms with E-state index in [0.29, 0.717) is 28.4 Å². The monoisotopic (exact) mass is 324 g/mol. The van der Waals surface area contributed by atoms with E-state index in [-0.39, 0.29) is 0 Å². The molecule has 1 N–H and O–H groups in total. The SMILES string of the molecule is COc1ccccc1-c1cc2cc(/C=C/C(=O)O)cc(OC)c2o1. The number of benzene rings is 2. The molecule has 5 heteroatoms. The van der Waals surface area contributed by atoms with Crippen molar-refractivity contribution >= 4 is 23.0 Å². The molecule has 24 heavy (non-hydrogen) atoms. The van der Waals surface area contributed by atoms with Crippen LogP contribution in [-0.4, -0.2) is 25.3 Å². The maximum absolute atomic E-state index is 10.7. The van der Waals surface area contributed by atoms with Crippen LogP contribution in [0.4, 0.5) is 0 Å². The summed E-state index contributed by atoms with van der Waals surface area (Å²) in [6.07, 6.45) is 2.60. The molecular weight excluding hydrogens is 308 g/mol. The number of methoxy groups -OCH3 is 2. The van der Waals surface area contributed by atoms with Crippen LogP contribution in [0.1, 0.15) is 5.56 Å². The lowest BCUT2D eigenvalue weighted by Crippen LogP contribution is -1.87. The van der Waals surface area contributed by atoms with Gasteiger partial charge < -0.3 is 19.0 Å². The Morgan fingerprint density at radius 2 is 1.83 bits per heavy atom. The number of furan rings is 1. The Morgan fingerprint density at radius 1 is 1.08 bits per heavy atom. The molecule has 0 saturated carbocycles. The van der Waals surface area contributed by atoms with Gasteiger partial charge in [-0.3, -0.25) is 0 Å². The zero-order valence-electron chi connectivity index (χ0n) is 13.3. The van der Waals surface area contributed by atoms with Gasteiger partial charge in [0.15, 0.2) is 11.3 Å². The van der Waals surface area contributed by atoms with Crippen LogP contribution in [0.2, 0.25) is 0 Å². The predicted octanol–water partition coefficient (Wildman–Crippen LogP) is 4.21. The topological polar surface area (TPSA) is 68.9 Å². The number of ether oxygens (including phenoxy) is 2. The Balaban J connectivity index is 2.15. The van der Waals surface area contributed by atoms with Crippen LogP contribution in [0.15, 0.2) is 53.0 Å². The lowest BCUT2D eigenvalue weighted by Gasteiger charge is -2.05. The summed E-state index contributed by atoms with van der Waals surface area (Å²) in [6, 6.07) is 13.0. The van der Waals surface area contributed by atoms with E-state index >= 15 is 0 Å². The number of hydrogen-bond donors (Lipinski definition) is 1. The first kappa shape index (κ1) is 15.7. The van der Waals surface area contributed by atoms with E-state index in [0.717, 1.165) is 17.0 Å². The summed E-state index contributed by atoms with van der Waals surface area (Å²) in [5.74, 6) is 0.899. The van der Waals surface area contributed by atoms with E-state index < -0.39 is 5.97 Å². The van der Waals surface area contributed by atoms with Crippen molar-refractivity contribution in [2.75, 3.05) is 14.2 Å².